The summed E-state index contributed by atoms with van der Waals surface area (Å²) in [6.07, 6.45) is -0.608. The van der Waals surface area contributed by atoms with Crippen LogP contribution in [0.5, 0.6) is 0 Å². The monoisotopic (exact) mass is 206 g/mol. The summed E-state index contributed by atoms with van der Waals surface area (Å²) in [5.74, 6) is -0.330. The van der Waals surface area contributed by atoms with E-state index in [1.807, 2.05) is 0 Å². The number of imide groups is 1. The van der Waals surface area contributed by atoms with Crippen molar-refractivity contribution in [2.45, 2.75) is 6.54 Å². The number of carbonyl (C=O) groups is 2. The van der Waals surface area contributed by atoms with Crippen molar-refractivity contribution in [2.24, 2.45) is 0 Å². The molecule has 0 saturated carbocycles. The zero-order valence-corrected chi connectivity index (χ0v) is 7.97. The summed E-state index contributed by atoms with van der Waals surface area (Å²) in [6.45, 7) is -0.00406. The number of para-hydroxylation sites is 1. The predicted molar refractivity (Wildman–Crippen MR) is 52.8 cm³/mol. The van der Waals surface area contributed by atoms with Crippen molar-refractivity contribution in [1.29, 1.82) is 0 Å². The highest BCUT2D eigenvalue weighted by Crippen LogP contribution is 2.16. The molecule has 1 saturated heterocycles. The van der Waals surface area contributed by atoms with Crippen molar-refractivity contribution in [3.05, 3.63) is 29.8 Å². The molecule has 0 aromatic heterocycles. The van der Waals surface area contributed by atoms with Gasteiger partial charge in [-0.2, -0.15) is 0 Å². The van der Waals surface area contributed by atoms with Crippen LogP contribution in [0.4, 0.5) is 10.5 Å². The second kappa shape index (κ2) is 3.61. The average Bonchev–Trinajstić information content (AvgIpc) is 2.53. The first-order chi connectivity index (χ1) is 7.18. The number of benzene rings is 1. The predicted octanol–water partition coefficient (Wildman–Crippen LogP) is 0.748. The maximum atomic E-state index is 11.2. The van der Waals surface area contributed by atoms with Crippen LogP contribution >= 0.6 is 0 Å². The highest BCUT2D eigenvalue weighted by atomic mass is 16.6. The molecule has 0 radical (unpaired) electrons. The SMILES string of the molecule is Nc1ccccc1CN1C(=O)COC1=O. The summed E-state index contributed by atoms with van der Waals surface area (Å²) in [5.41, 5.74) is 7.00. The lowest BCUT2D eigenvalue weighted by Gasteiger charge is -2.12. The molecule has 1 aromatic carbocycles. The first kappa shape index (κ1) is 9.51. The van der Waals surface area contributed by atoms with Crippen molar-refractivity contribution < 1.29 is 14.3 Å². The molecule has 78 valence electrons. The average molecular weight is 206 g/mol. The van der Waals surface area contributed by atoms with E-state index in [2.05, 4.69) is 4.74 Å². The number of nitrogen functional groups attached to an aromatic ring is 1. The van der Waals surface area contributed by atoms with Gasteiger partial charge in [0.15, 0.2) is 6.61 Å². The first-order valence-electron chi connectivity index (χ1n) is 4.49. The van der Waals surface area contributed by atoms with E-state index in [1.165, 1.54) is 0 Å². The van der Waals surface area contributed by atoms with Gasteiger partial charge >= 0.3 is 6.09 Å². The molecular formula is C10H10N2O3. The lowest BCUT2D eigenvalue weighted by molar-refractivity contribution is -0.126. The Kier molecular flexibility index (Phi) is 2.29. The van der Waals surface area contributed by atoms with E-state index < -0.39 is 6.09 Å². The molecule has 1 aliphatic rings. The van der Waals surface area contributed by atoms with Crippen molar-refractivity contribution >= 4 is 17.7 Å². The Morgan fingerprint density at radius 1 is 1.33 bits per heavy atom. The number of amides is 2. The smallest absolute Gasteiger partial charge is 0.417 e. The molecule has 2 amide bonds. The van der Waals surface area contributed by atoms with E-state index in [-0.39, 0.29) is 19.1 Å². The number of hydrogen-bond acceptors (Lipinski definition) is 4. The number of rotatable bonds is 2. The highest BCUT2D eigenvalue weighted by Gasteiger charge is 2.31. The lowest BCUT2D eigenvalue weighted by Crippen LogP contribution is -2.28. The van der Waals surface area contributed by atoms with E-state index in [0.29, 0.717) is 5.69 Å². The number of anilines is 1. The first-order valence-corrected chi connectivity index (χ1v) is 4.49. The fourth-order valence-electron chi connectivity index (χ4n) is 1.38. The third-order valence-electron chi connectivity index (χ3n) is 2.22. The Labute approximate surface area is 86.4 Å². The number of carbonyl (C=O) groups excluding carboxylic acids is 2. The van der Waals surface area contributed by atoms with Gasteiger partial charge in [-0.3, -0.25) is 4.79 Å². The van der Waals surface area contributed by atoms with Crippen molar-refractivity contribution in [2.75, 3.05) is 12.3 Å². The van der Waals surface area contributed by atoms with Gasteiger partial charge < -0.3 is 10.5 Å². The van der Waals surface area contributed by atoms with E-state index in [4.69, 9.17) is 5.73 Å². The minimum Gasteiger partial charge on any atom is -0.439 e. The largest absolute Gasteiger partial charge is 0.439 e. The second-order valence-corrected chi connectivity index (χ2v) is 3.23. The molecule has 0 aliphatic carbocycles. The van der Waals surface area contributed by atoms with Crippen LogP contribution in [0.3, 0.4) is 0 Å². The van der Waals surface area contributed by atoms with Gasteiger partial charge in [-0.05, 0) is 11.6 Å². The molecular weight excluding hydrogens is 196 g/mol. The van der Waals surface area contributed by atoms with Crippen LogP contribution in [0.25, 0.3) is 0 Å². The topological polar surface area (TPSA) is 72.6 Å². The van der Waals surface area contributed by atoms with Gasteiger partial charge in [-0.1, -0.05) is 18.2 Å². The van der Waals surface area contributed by atoms with Crippen LogP contribution in [0, 0.1) is 0 Å². The minimum absolute atomic E-state index is 0.171. The number of ether oxygens (including phenoxy) is 1. The third kappa shape index (κ3) is 1.76. The number of hydrogen-bond donors (Lipinski definition) is 1. The van der Waals surface area contributed by atoms with Crippen LogP contribution in [-0.4, -0.2) is 23.5 Å². The quantitative estimate of drug-likeness (QED) is 0.724. The Morgan fingerprint density at radius 3 is 2.67 bits per heavy atom. The molecule has 5 heteroatoms. The van der Waals surface area contributed by atoms with Crippen LogP contribution in [0.1, 0.15) is 5.56 Å². The summed E-state index contributed by atoms with van der Waals surface area (Å²) >= 11 is 0. The van der Waals surface area contributed by atoms with Crippen LogP contribution in [0.15, 0.2) is 24.3 Å². The summed E-state index contributed by atoms with van der Waals surface area (Å²) in [4.78, 5) is 23.4. The van der Waals surface area contributed by atoms with E-state index in [9.17, 15) is 9.59 Å². The van der Waals surface area contributed by atoms with Gasteiger partial charge in [0.05, 0.1) is 6.54 Å². The van der Waals surface area contributed by atoms with Gasteiger partial charge in [-0.25, -0.2) is 9.69 Å². The van der Waals surface area contributed by atoms with Crippen molar-refractivity contribution in [3.8, 4) is 0 Å². The zero-order valence-electron chi connectivity index (χ0n) is 7.97. The number of nitrogens with two attached hydrogens (primary N) is 1. The Hall–Kier alpha value is -2.04. The van der Waals surface area contributed by atoms with Gasteiger partial charge in [0.25, 0.3) is 5.91 Å². The molecule has 15 heavy (non-hydrogen) atoms. The maximum absolute atomic E-state index is 11.2. The minimum atomic E-state index is -0.608. The Morgan fingerprint density at radius 2 is 2.07 bits per heavy atom. The van der Waals surface area contributed by atoms with Gasteiger partial charge in [-0.15, -0.1) is 0 Å². The summed E-state index contributed by atoms with van der Waals surface area (Å²) in [5, 5.41) is 0. The summed E-state index contributed by atoms with van der Waals surface area (Å²) in [7, 11) is 0. The van der Waals surface area contributed by atoms with Crippen LogP contribution < -0.4 is 5.73 Å². The fourth-order valence-corrected chi connectivity index (χ4v) is 1.38. The molecule has 2 rings (SSSR count). The number of nitrogens with zero attached hydrogens (tertiary/aromatic N) is 1. The second-order valence-electron chi connectivity index (χ2n) is 3.23. The summed E-state index contributed by atoms with van der Waals surface area (Å²) in [6, 6.07) is 7.09. The maximum Gasteiger partial charge on any atom is 0.417 e. The normalized spacial score (nSPS) is 15.6. The molecule has 0 bridgehead atoms. The van der Waals surface area contributed by atoms with Gasteiger partial charge in [0, 0.05) is 5.69 Å². The Bertz CT molecular complexity index is 401. The fraction of sp³-hybridized carbons (Fsp3) is 0.200. The van der Waals surface area contributed by atoms with Crippen molar-refractivity contribution in [1.82, 2.24) is 4.90 Å². The zero-order chi connectivity index (χ0) is 10.8. The number of cyclic esters (lactones) is 1. The molecule has 0 atom stereocenters. The molecule has 5 nitrogen and oxygen atoms in total. The highest BCUT2D eigenvalue weighted by molar-refractivity contribution is 5.97. The molecule has 0 unspecified atom stereocenters. The Balaban J connectivity index is 2.18. The van der Waals surface area contributed by atoms with E-state index in [0.717, 1.165) is 10.5 Å². The standard InChI is InChI=1S/C10H10N2O3/c11-8-4-2-1-3-7(8)5-12-9(13)6-15-10(12)14/h1-4H,5-6,11H2. The molecule has 1 aliphatic heterocycles. The van der Waals surface area contributed by atoms with Gasteiger partial charge in [0.1, 0.15) is 0 Å². The third-order valence-corrected chi connectivity index (χ3v) is 2.22. The molecule has 1 heterocycles. The van der Waals surface area contributed by atoms with Crippen LogP contribution in [-0.2, 0) is 16.1 Å². The molecule has 1 fully saturated rings. The summed E-state index contributed by atoms with van der Waals surface area (Å²) < 4.78 is 4.59. The molecule has 2 N–H and O–H groups in total. The van der Waals surface area contributed by atoms with E-state index >= 15 is 0 Å². The van der Waals surface area contributed by atoms with Crippen molar-refractivity contribution in [3.63, 3.8) is 0 Å². The van der Waals surface area contributed by atoms with Gasteiger partial charge in [0.2, 0.25) is 0 Å². The molecule has 0 spiro atoms. The molecule has 1 aromatic rings. The van der Waals surface area contributed by atoms with Crippen LogP contribution in [0.2, 0.25) is 0 Å². The van der Waals surface area contributed by atoms with E-state index in [1.54, 1.807) is 24.3 Å². The lowest BCUT2D eigenvalue weighted by atomic mass is 10.2.